The van der Waals surface area contributed by atoms with Gasteiger partial charge < -0.3 is 4.74 Å². The van der Waals surface area contributed by atoms with Gasteiger partial charge in [-0.2, -0.15) is 13.2 Å². The Hall–Kier alpha value is -2.27. The lowest BCUT2D eigenvalue weighted by Gasteiger charge is -2.10. The number of aromatic nitrogens is 1. The van der Waals surface area contributed by atoms with Crippen LogP contribution in [0.5, 0.6) is 11.5 Å². The van der Waals surface area contributed by atoms with Crippen LogP contribution in [-0.4, -0.2) is 4.98 Å². The van der Waals surface area contributed by atoms with Crippen LogP contribution in [0.3, 0.4) is 0 Å². The minimum absolute atomic E-state index is 0.315. The van der Waals surface area contributed by atoms with E-state index >= 15 is 0 Å². The third-order valence-electron chi connectivity index (χ3n) is 3.07. The molecule has 0 aliphatic heterocycles. The Morgan fingerprint density at radius 2 is 1.68 bits per heavy atom. The van der Waals surface area contributed by atoms with Crippen molar-refractivity contribution >= 4 is 22.5 Å². The summed E-state index contributed by atoms with van der Waals surface area (Å²) >= 11 is 5.90. The molecular formula is C16H9ClF3NO. The molecule has 1 aromatic heterocycles. The maximum absolute atomic E-state index is 12.5. The number of hydrogen-bond acceptors (Lipinski definition) is 2. The highest BCUT2D eigenvalue weighted by atomic mass is 35.5. The molecule has 0 amide bonds. The predicted molar refractivity (Wildman–Crippen MR) is 78.3 cm³/mol. The number of alkyl halides is 3. The summed E-state index contributed by atoms with van der Waals surface area (Å²) in [7, 11) is 0. The van der Waals surface area contributed by atoms with Gasteiger partial charge in [0.1, 0.15) is 11.5 Å². The Balaban J connectivity index is 1.93. The van der Waals surface area contributed by atoms with Crippen molar-refractivity contribution < 1.29 is 17.9 Å². The summed E-state index contributed by atoms with van der Waals surface area (Å²) in [6, 6.07) is 11.3. The molecule has 112 valence electrons. The second-order valence-corrected chi connectivity index (χ2v) is 5.03. The number of hydrogen-bond donors (Lipinski definition) is 0. The lowest BCUT2D eigenvalue weighted by Crippen LogP contribution is -2.04. The molecule has 0 N–H and O–H groups in total. The van der Waals surface area contributed by atoms with Gasteiger partial charge in [-0.15, -0.1) is 0 Å². The van der Waals surface area contributed by atoms with Crippen molar-refractivity contribution in [3.63, 3.8) is 0 Å². The van der Waals surface area contributed by atoms with Gasteiger partial charge >= 0.3 is 6.18 Å². The third kappa shape index (κ3) is 2.99. The van der Waals surface area contributed by atoms with Crippen molar-refractivity contribution in [1.82, 2.24) is 4.98 Å². The topological polar surface area (TPSA) is 22.1 Å². The predicted octanol–water partition coefficient (Wildman–Crippen LogP) is 5.70. The van der Waals surface area contributed by atoms with Crippen LogP contribution in [-0.2, 0) is 6.18 Å². The van der Waals surface area contributed by atoms with Crippen molar-refractivity contribution in [2.75, 3.05) is 0 Å². The van der Waals surface area contributed by atoms with E-state index in [1.54, 1.807) is 30.5 Å². The highest BCUT2D eigenvalue weighted by Crippen LogP contribution is 2.33. The first-order valence-electron chi connectivity index (χ1n) is 6.33. The molecule has 0 saturated heterocycles. The molecule has 0 saturated carbocycles. The van der Waals surface area contributed by atoms with Gasteiger partial charge in [0.05, 0.1) is 11.1 Å². The van der Waals surface area contributed by atoms with Crippen molar-refractivity contribution in [2.24, 2.45) is 0 Å². The van der Waals surface area contributed by atoms with Gasteiger partial charge in [0, 0.05) is 16.6 Å². The highest BCUT2D eigenvalue weighted by molar-refractivity contribution is 6.31. The summed E-state index contributed by atoms with van der Waals surface area (Å²) < 4.78 is 43.2. The molecule has 0 spiro atoms. The van der Waals surface area contributed by atoms with Crippen LogP contribution in [0.25, 0.3) is 10.9 Å². The van der Waals surface area contributed by atoms with E-state index in [0.29, 0.717) is 22.0 Å². The quantitative estimate of drug-likeness (QED) is 0.603. The van der Waals surface area contributed by atoms with Crippen LogP contribution in [0, 0.1) is 0 Å². The van der Waals surface area contributed by atoms with E-state index in [2.05, 4.69) is 4.98 Å². The SMILES string of the molecule is FC(F)(F)c1ccc(Oc2ccnc3cc(Cl)ccc23)cc1. The van der Waals surface area contributed by atoms with Gasteiger partial charge in [-0.3, -0.25) is 4.98 Å². The molecule has 22 heavy (non-hydrogen) atoms. The van der Waals surface area contributed by atoms with Gasteiger partial charge in [-0.25, -0.2) is 0 Å². The van der Waals surface area contributed by atoms with E-state index in [1.165, 1.54) is 12.1 Å². The molecule has 6 heteroatoms. The van der Waals surface area contributed by atoms with Gasteiger partial charge in [0.25, 0.3) is 0 Å². The van der Waals surface area contributed by atoms with Crippen molar-refractivity contribution in [2.45, 2.75) is 6.18 Å². The molecule has 0 bridgehead atoms. The molecule has 0 aliphatic carbocycles. The Kier molecular flexibility index (Phi) is 3.66. The maximum atomic E-state index is 12.5. The fraction of sp³-hybridized carbons (Fsp3) is 0.0625. The molecule has 0 atom stereocenters. The Labute approximate surface area is 129 Å². The van der Waals surface area contributed by atoms with Crippen molar-refractivity contribution in [1.29, 1.82) is 0 Å². The lowest BCUT2D eigenvalue weighted by atomic mass is 10.2. The minimum Gasteiger partial charge on any atom is -0.457 e. The number of benzene rings is 2. The van der Waals surface area contributed by atoms with E-state index < -0.39 is 11.7 Å². The molecule has 0 radical (unpaired) electrons. The van der Waals surface area contributed by atoms with Gasteiger partial charge in [-0.05, 0) is 48.5 Å². The molecule has 1 heterocycles. The van der Waals surface area contributed by atoms with Crippen molar-refractivity contribution in [3.8, 4) is 11.5 Å². The van der Waals surface area contributed by atoms with E-state index in [1.807, 2.05) is 0 Å². The van der Waals surface area contributed by atoms with Gasteiger partial charge in [0.2, 0.25) is 0 Å². The molecule has 3 rings (SSSR count). The summed E-state index contributed by atoms with van der Waals surface area (Å²) in [6.07, 6.45) is -2.81. The van der Waals surface area contributed by atoms with Crippen LogP contribution >= 0.6 is 11.6 Å². The normalized spacial score (nSPS) is 11.6. The van der Waals surface area contributed by atoms with Crippen LogP contribution in [0.2, 0.25) is 5.02 Å². The summed E-state index contributed by atoms with van der Waals surface area (Å²) in [5.74, 6) is 0.817. The van der Waals surface area contributed by atoms with E-state index in [9.17, 15) is 13.2 Å². The molecule has 2 aromatic carbocycles. The zero-order valence-corrected chi connectivity index (χ0v) is 11.8. The summed E-state index contributed by atoms with van der Waals surface area (Å²) in [6.45, 7) is 0. The smallest absolute Gasteiger partial charge is 0.416 e. The number of pyridine rings is 1. The molecule has 0 unspecified atom stereocenters. The maximum Gasteiger partial charge on any atom is 0.416 e. The van der Waals surface area contributed by atoms with E-state index in [-0.39, 0.29) is 0 Å². The number of rotatable bonds is 2. The summed E-state index contributed by atoms with van der Waals surface area (Å²) in [5, 5.41) is 1.28. The standard InChI is InChI=1S/C16H9ClF3NO/c17-11-3-6-13-14(9-11)21-8-7-15(13)22-12-4-1-10(2-5-12)16(18,19)20/h1-9H. The third-order valence-corrected chi connectivity index (χ3v) is 3.31. The van der Waals surface area contributed by atoms with Crippen molar-refractivity contribution in [3.05, 3.63) is 65.3 Å². The average Bonchev–Trinajstić information content (AvgIpc) is 2.47. The Bertz CT molecular complexity index is 816. The number of nitrogens with zero attached hydrogens (tertiary/aromatic N) is 1. The molecule has 3 aromatic rings. The largest absolute Gasteiger partial charge is 0.457 e. The fourth-order valence-corrected chi connectivity index (χ4v) is 2.19. The molecular weight excluding hydrogens is 315 g/mol. The second kappa shape index (κ2) is 5.50. The minimum atomic E-state index is -4.36. The average molecular weight is 324 g/mol. The number of halogens is 4. The fourth-order valence-electron chi connectivity index (χ4n) is 2.02. The lowest BCUT2D eigenvalue weighted by molar-refractivity contribution is -0.137. The first-order chi connectivity index (χ1) is 10.4. The highest BCUT2D eigenvalue weighted by Gasteiger charge is 2.30. The van der Waals surface area contributed by atoms with Crippen LogP contribution in [0.15, 0.2) is 54.7 Å². The van der Waals surface area contributed by atoms with Crippen LogP contribution in [0.1, 0.15) is 5.56 Å². The summed E-state index contributed by atoms with van der Waals surface area (Å²) in [5.41, 5.74) is -0.0665. The zero-order valence-electron chi connectivity index (χ0n) is 11.1. The number of ether oxygens (including phenoxy) is 1. The zero-order chi connectivity index (χ0) is 15.7. The van der Waals surface area contributed by atoms with E-state index in [0.717, 1.165) is 17.5 Å². The monoisotopic (exact) mass is 323 g/mol. The second-order valence-electron chi connectivity index (χ2n) is 4.59. The van der Waals surface area contributed by atoms with Crippen LogP contribution in [0.4, 0.5) is 13.2 Å². The number of fused-ring (bicyclic) bond motifs is 1. The van der Waals surface area contributed by atoms with Gasteiger partial charge in [-0.1, -0.05) is 11.6 Å². The van der Waals surface area contributed by atoms with E-state index in [4.69, 9.17) is 16.3 Å². The first kappa shape index (κ1) is 14.7. The Morgan fingerprint density at radius 1 is 0.955 bits per heavy atom. The van der Waals surface area contributed by atoms with Gasteiger partial charge in [0.15, 0.2) is 0 Å². The molecule has 2 nitrogen and oxygen atoms in total. The Morgan fingerprint density at radius 3 is 2.36 bits per heavy atom. The molecule has 0 fully saturated rings. The molecule has 0 aliphatic rings. The first-order valence-corrected chi connectivity index (χ1v) is 6.71. The van der Waals surface area contributed by atoms with Crippen LogP contribution < -0.4 is 4.74 Å². The summed E-state index contributed by atoms with van der Waals surface area (Å²) in [4.78, 5) is 4.18.